The number of benzene rings is 1. The molecule has 1 fully saturated rings. The lowest BCUT2D eigenvalue weighted by Gasteiger charge is -2.38. The van der Waals surface area contributed by atoms with Gasteiger partial charge in [-0.3, -0.25) is 0 Å². The Labute approximate surface area is 128 Å². The van der Waals surface area contributed by atoms with Crippen LogP contribution in [0.15, 0.2) is 42.7 Å². The maximum Gasteiger partial charge on any atom is 0.335 e. The van der Waals surface area contributed by atoms with Crippen LogP contribution in [0.2, 0.25) is 0 Å². The molecule has 2 aromatic rings. The molecule has 1 atom stereocenters. The molecule has 0 spiro atoms. The first-order valence-corrected chi connectivity index (χ1v) is 7.37. The number of carboxylic acids is 1. The van der Waals surface area contributed by atoms with Crippen LogP contribution in [-0.2, 0) is 0 Å². The smallest absolute Gasteiger partial charge is 0.335 e. The van der Waals surface area contributed by atoms with Crippen LogP contribution >= 0.6 is 0 Å². The SMILES string of the molecule is O=C(O)c1cccc(N2CCCCC2Nc2ncccn2)c1. The third kappa shape index (κ3) is 3.16. The predicted octanol–water partition coefficient (Wildman–Crippen LogP) is 2.60. The van der Waals surface area contributed by atoms with Gasteiger partial charge in [-0.1, -0.05) is 6.07 Å². The van der Waals surface area contributed by atoms with Crippen molar-refractivity contribution >= 4 is 17.6 Å². The van der Waals surface area contributed by atoms with Crippen LogP contribution in [0, 0.1) is 0 Å². The molecule has 0 bridgehead atoms. The van der Waals surface area contributed by atoms with Crippen LogP contribution < -0.4 is 10.2 Å². The molecular formula is C16H18N4O2. The molecule has 1 unspecified atom stereocenters. The predicted molar refractivity (Wildman–Crippen MR) is 84.0 cm³/mol. The van der Waals surface area contributed by atoms with Crippen LogP contribution in [-0.4, -0.2) is 33.8 Å². The van der Waals surface area contributed by atoms with E-state index in [1.807, 2.05) is 6.07 Å². The number of nitrogens with one attached hydrogen (secondary N) is 1. The molecule has 22 heavy (non-hydrogen) atoms. The maximum absolute atomic E-state index is 11.2. The zero-order chi connectivity index (χ0) is 15.4. The van der Waals surface area contributed by atoms with Crippen molar-refractivity contribution in [1.29, 1.82) is 0 Å². The van der Waals surface area contributed by atoms with Crippen molar-refractivity contribution in [3.05, 3.63) is 48.3 Å². The standard InChI is InChI=1S/C16H18N4O2/c21-15(22)12-5-3-6-13(11-12)20-10-2-1-7-14(20)19-16-17-8-4-9-18-16/h3-6,8-9,11,14H,1-2,7,10H2,(H,21,22)(H,17,18,19). The van der Waals surface area contributed by atoms with Crippen molar-refractivity contribution in [2.24, 2.45) is 0 Å². The van der Waals surface area contributed by atoms with Gasteiger partial charge in [0, 0.05) is 24.6 Å². The highest BCUT2D eigenvalue weighted by Crippen LogP contribution is 2.26. The summed E-state index contributed by atoms with van der Waals surface area (Å²) in [4.78, 5) is 21.7. The van der Waals surface area contributed by atoms with Gasteiger partial charge in [-0.05, 0) is 43.5 Å². The summed E-state index contributed by atoms with van der Waals surface area (Å²) >= 11 is 0. The summed E-state index contributed by atoms with van der Waals surface area (Å²) in [6, 6.07) is 8.83. The van der Waals surface area contributed by atoms with Crippen LogP contribution in [0.1, 0.15) is 29.6 Å². The van der Waals surface area contributed by atoms with Crippen LogP contribution in [0.4, 0.5) is 11.6 Å². The van der Waals surface area contributed by atoms with E-state index in [-0.39, 0.29) is 6.17 Å². The summed E-state index contributed by atoms with van der Waals surface area (Å²) in [6.45, 7) is 0.883. The second-order valence-electron chi connectivity index (χ2n) is 5.28. The number of nitrogens with zero attached hydrogens (tertiary/aromatic N) is 3. The number of hydrogen-bond acceptors (Lipinski definition) is 5. The van der Waals surface area contributed by atoms with Gasteiger partial charge in [-0.25, -0.2) is 14.8 Å². The lowest BCUT2D eigenvalue weighted by molar-refractivity contribution is 0.0697. The Morgan fingerprint density at radius 3 is 2.82 bits per heavy atom. The molecule has 1 saturated heterocycles. The minimum atomic E-state index is -0.908. The molecular weight excluding hydrogens is 280 g/mol. The average molecular weight is 298 g/mol. The van der Waals surface area contributed by atoms with E-state index in [9.17, 15) is 4.79 Å². The first kappa shape index (κ1) is 14.3. The van der Waals surface area contributed by atoms with E-state index in [1.54, 1.807) is 36.7 Å². The van der Waals surface area contributed by atoms with Gasteiger partial charge in [-0.15, -0.1) is 0 Å². The molecule has 0 radical (unpaired) electrons. The van der Waals surface area contributed by atoms with Crippen LogP contribution in [0.3, 0.4) is 0 Å². The topological polar surface area (TPSA) is 78.4 Å². The van der Waals surface area contributed by atoms with Crippen molar-refractivity contribution in [3.63, 3.8) is 0 Å². The number of hydrogen-bond donors (Lipinski definition) is 2. The van der Waals surface area contributed by atoms with E-state index in [2.05, 4.69) is 20.2 Å². The molecule has 0 saturated carbocycles. The van der Waals surface area contributed by atoms with Gasteiger partial charge >= 0.3 is 5.97 Å². The second-order valence-corrected chi connectivity index (χ2v) is 5.28. The van der Waals surface area contributed by atoms with E-state index < -0.39 is 5.97 Å². The van der Waals surface area contributed by atoms with Crippen molar-refractivity contribution in [2.75, 3.05) is 16.8 Å². The number of anilines is 2. The van der Waals surface area contributed by atoms with E-state index in [4.69, 9.17) is 5.11 Å². The molecule has 2 N–H and O–H groups in total. The molecule has 0 amide bonds. The van der Waals surface area contributed by atoms with E-state index in [1.165, 1.54) is 0 Å². The number of rotatable bonds is 4. The highest BCUT2D eigenvalue weighted by Gasteiger charge is 2.23. The van der Waals surface area contributed by atoms with Crippen molar-refractivity contribution in [3.8, 4) is 0 Å². The second kappa shape index (κ2) is 6.43. The number of aromatic nitrogens is 2. The summed E-state index contributed by atoms with van der Waals surface area (Å²) in [7, 11) is 0. The van der Waals surface area contributed by atoms with Gasteiger partial charge in [0.15, 0.2) is 0 Å². The van der Waals surface area contributed by atoms with E-state index in [0.717, 1.165) is 31.5 Å². The zero-order valence-corrected chi connectivity index (χ0v) is 12.1. The van der Waals surface area contributed by atoms with Gasteiger partial charge in [-0.2, -0.15) is 0 Å². The minimum Gasteiger partial charge on any atom is -0.478 e. The molecule has 114 valence electrons. The fourth-order valence-corrected chi connectivity index (χ4v) is 2.73. The maximum atomic E-state index is 11.2. The highest BCUT2D eigenvalue weighted by molar-refractivity contribution is 5.88. The minimum absolute atomic E-state index is 0.0696. The summed E-state index contributed by atoms with van der Waals surface area (Å²) < 4.78 is 0. The monoisotopic (exact) mass is 298 g/mol. The molecule has 6 nitrogen and oxygen atoms in total. The van der Waals surface area contributed by atoms with Crippen molar-refractivity contribution in [2.45, 2.75) is 25.4 Å². The lowest BCUT2D eigenvalue weighted by atomic mass is 10.1. The fraction of sp³-hybridized carbons (Fsp3) is 0.312. The Morgan fingerprint density at radius 1 is 1.23 bits per heavy atom. The first-order chi connectivity index (χ1) is 10.7. The summed E-state index contributed by atoms with van der Waals surface area (Å²) in [5.41, 5.74) is 1.21. The largest absolute Gasteiger partial charge is 0.478 e. The molecule has 3 rings (SSSR count). The molecule has 1 aromatic heterocycles. The first-order valence-electron chi connectivity index (χ1n) is 7.37. The fourth-order valence-electron chi connectivity index (χ4n) is 2.73. The van der Waals surface area contributed by atoms with Gasteiger partial charge in [0.25, 0.3) is 0 Å². The van der Waals surface area contributed by atoms with Crippen LogP contribution in [0.25, 0.3) is 0 Å². The number of carboxylic acid groups (broad SMARTS) is 1. The molecule has 2 heterocycles. The lowest BCUT2D eigenvalue weighted by Crippen LogP contribution is -2.45. The number of aromatic carboxylic acids is 1. The quantitative estimate of drug-likeness (QED) is 0.903. The normalized spacial score (nSPS) is 18.0. The Morgan fingerprint density at radius 2 is 2.05 bits per heavy atom. The Hall–Kier alpha value is -2.63. The third-order valence-corrected chi connectivity index (χ3v) is 3.79. The van der Waals surface area contributed by atoms with E-state index in [0.29, 0.717) is 11.5 Å². The number of carbonyl (C=O) groups is 1. The summed E-state index contributed by atoms with van der Waals surface area (Å²) in [6.07, 6.45) is 6.65. The Bertz CT molecular complexity index is 648. The van der Waals surface area contributed by atoms with Gasteiger partial charge in [0.05, 0.1) is 5.56 Å². The van der Waals surface area contributed by atoms with Gasteiger partial charge in [0.1, 0.15) is 6.17 Å². The van der Waals surface area contributed by atoms with Gasteiger partial charge in [0.2, 0.25) is 5.95 Å². The van der Waals surface area contributed by atoms with Crippen LogP contribution in [0.5, 0.6) is 0 Å². The molecule has 6 heteroatoms. The Balaban J connectivity index is 1.83. The average Bonchev–Trinajstić information content (AvgIpc) is 2.56. The number of piperidine rings is 1. The van der Waals surface area contributed by atoms with Crippen molar-refractivity contribution in [1.82, 2.24) is 9.97 Å². The van der Waals surface area contributed by atoms with Gasteiger partial charge < -0.3 is 15.3 Å². The molecule has 1 aliphatic heterocycles. The molecule has 1 aromatic carbocycles. The van der Waals surface area contributed by atoms with Crippen molar-refractivity contribution < 1.29 is 9.90 Å². The zero-order valence-electron chi connectivity index (χ0n) is 12.1. The summed E-state index contributed by atoms with van der Waals surface area (Å²) in [5, 5.41) is 12.5. The Kier molecular flexibility index (Phi) is 4.18. The summed E-state index contributed by atoms with van der Waals surface area (Å²) in [5.74, 6) is -0.316. The third-order valence-electron chi connectivity index (χ3n) is 3.79. The highest BCUT2D eigenvalue weighted by atomic mass is 16.4. The van der Waals surface area contributed by atoms with E-state index >= 15 is 0 Å². The molecule has 1 aliphatic rings. The molecule has 0 aliphatic carbocycles.